The molecule has 0 bridgehead atoms. The molecule has 2 heterocycles. The molecule has 2 fully saturated rings. The zero-order valence-electron chi connectivity index (χ0n) is 16.5. The molecule has 6 rings (SSSR count). The summed E-state index contributed by atoms with van der Waals surface area (Å²) in [5.74, 6) is 0.391. The van der Waals surface area contributed by atoms with Gasteiger partial charge in [-0.3, -0.25) is 9.59 Å². The molecule has 0 unspecified atom stereocenters. The fraction of sp³-hybridized carbons (Fsp3) is 0.304. The Morgan fingerprint density at radius 1 is 1.10 bits per heavy atom. The maximum absolute atomic E-state index is 12.7. The van der Waals surface area contributed by atoms with Crippen molar-refractivity contribution >= 4 is 43.5 Å². The number of nitrogens with one attached hydrogen (secondary N) is 2. The fourth-order valence-corrected chi connectivity index (χ4v) is 5.73. The highest BCUT2D eigenvalue weighted by Crippen LogP contribution is 2.62. The molecule has 7 nitrogen and oxygen atoms in total. The number of hydrogen-bond acceptors (Lipinski definition) is 5. The minimum absolute atomic E-state index is 0.143. The minimum Gasteiger partial charge on any atom is -0.350 e. The predicted octanol–water partition coefficient (Wildman–Crippen LogP) is 4.28. The van der Waals surface area contributed by atoms with Crippen molar-refractivity contribution in [1.29, 1.82) is 0 Å². The van der Waals surface area contributed by atoms with Gasteiger partial charge in [-0.15, -0.1) is 0 Å². The SMILES string of the molecule is O=C(NC1CC2(C1)CC(c1n[nH]c(=O)c3ccccc13)C2)c1onc2cc(Br)ccc12. The van der Waals surface area contributed by atoms with Gasteiger partial charge in [-0.1, -0.05) is 39.3 Å². The van der Waals surface area contributed by atoms with Gasteiger partial charge in [0.15, 0.2) is 0 Å². The second kappa shape index (κ2) is 6.75. The van der Waals surface area contributed by atoms with E-state index >= 15 is 0 Å². The predicted molar refractivity (Wildman–Crippen MR) is 119 cm³/mol. The van der Waals surface area contributed by atoms with Crippen LogP contribution in [-0.2, 0) is 0 Å². The minimum atomic E-state index is -0.214. The van der Waals surface area contributed by atoms with Crippen LogP contribution in [0.2, 0.25) is 0 Å². The summed E-state index contributed by atoms with van der Waals surface area (Å²) >= 11 is 3.40. The number of hydrogen-bond donors (Lipinski definition) is 2. The van der Waals surface area contributed by atoms with Crippen molar-refractivity contribution in [2.75, 3.05) is 0 Å². The number of aromatic amines is 1. The van der Waals surface area contributed by atoms with Gasteiger partial charge in [0.2, 0.25) is 5.76 Å². The van der Waals surface area contributed by atoms with Gasteiger partial charge < -0.3 is 9.84 Å². The third-order valence-electron chi connectivity index (χ3n) is 6.81. The van der Waals surface area contributed by atoms with Crippen molar-refractivity contribution in [3.8, 4) is 0 Å². The molecule has 2 aliphatic rings. The molecule has 1 spiro atoms. The van der Waals surface area contributed by atoms with Crippen LogP contribution in [0.4, 0.5) is 0 Å². The molecule has 8 heteroatoms. The van der Waals surface area contributed by atoms with Crippen molar-refractivity contribution in [3.63, 3.8) is 0 Å². The number of amides is 1. The van der Waals surface area contributed by atoms with E-state index in [1.807, 2.05) is 42.5 Å². The van der Waals surface area contributed by atoms with Gasteiger partial charge >= 0.3 is 0 Å². The summed E-state index contributed by atoms with van der Waals surface area (Å²) in [6.07, 6.45) is 3.96. The number of fused-ring (bicyclic) bond motifs is 2. The molecular weight excluding hydrogens is 460 g/mol. The van der Waals surface area contributed by atoms with E-state index in [1.54, 1.807) is 0 Å². The number of benzene rings is 2. The molecule has 156 valence electrons. The standard InChI is InChI=1S/C23H19BrN4O3/c24-13-5-6-17-18(7-13)28-31-20(17)22(30)25-14-10-23(11-14)8-12(9-23)19-15-3-1-2-4-16(15)21(29)27-26-19/h1-7,12,14H,8-11H2,(H,25,30)(H,27,29). The molecule has 4 aromatic rings. The molecular formula is C23H19BrN4O3. The summed E-state index contributed by atoms with van der Waals surface area (Å²) in [7, 11) is 0. The molecule has 2 aliphatic carbocycles. The van der Waals surface area contributed by atoms with E-state index in [0.717, 1.165) is 46.6 Å². The highest BCUT2D eigenvalue weighted by molar-refractivity contribution is 9.10. The van der Waals surface area contributed by atoms with Gasteiger partial charge in [0.1, 0.15) is 5.52 Å². The number of carbonyl (C=O) groups is 1. The lowest BCUT2D eigenvalue weighted by Crippen LogP contribution is -2.55. The normalized spacial score (nSPS) is 24.8. The third-order valence-corrected chi connectivity index (χ3v) is 7.30. The topological polar surface area (TPSA) is 101 Å². The van der Waals surface area contributed by atoms with Crippen LogP contribution in [0.1, 0.15) is 47.8 Å². The number of carbonyl (C=O) groups excluding carboxylic acids is 1. The van der Waals surface area contributed by atoms with Crippen molar-refractivity contribution in [1.82, 2.24) is 20.7 Å². The first kappa shape index (κ1) is 18.7. The zero-order chi connectivity index (χ0) is 21.2. The Bertz CT molecular complexity index is 1390. The Morgan fingerprint density at radius 3 is 2.68 bits per heavy atom. The first-order valence-electron chi connectivity index (χ1n) is 10.3. The first-order valence-corrected chi connectivity index (χ1v) is 11.1. The van der Waals surface area contributed by atoms with Crippen molar-refractivity contribution < 1.29 is 9.32 Å². The summed E-state index contributed by atoms with van der Waals surface area (Å²) < 4.78 is 6.19. The largest absolute Gasteiger partial charge is 0.350 e. The van der Waals surface area contributed by atoms with Crippen LogP contribution in [-0.4, -0.2) is 27.3 Å². The van der Waals surface area contributed by atoms with Crippen molar-refractivity contribution in [2.24, 2.45) is 5.41 Å². The molecule has 0 atom stereocenters. The van der Waals surface area contributed by atoms with Gasteiger partial charge in [-0.2, -0.15) is 5.10 Å². The lowest BCUT2D eigenvalue weighted by Gasteiger charge is -2.57. The Balaban J connectivity index is 1.12. The Morgan fingerprint density at radius 2 is 1.87 bits per heavy atom. The van der Waals surface area contributed by atoms with Crippen LogP contribution < -0.4 is 10.9 Å². The van der Waals surface area contributed by atoms with E-state index in [-0.39, 0.29) is 28.7 Å². The summed E-state index contributed by atoms with van der Waals surface area (Å²) in [5.41, 5.74) is 1.75. The van der Waals surface area contributed by atoms with E-state index in [4.69, 9.17) is 4.52 Å². The average Bonchev–Trinajstić information content (AvgIpc) is 3.13. The lowest BCUT2D eigenvalue weighted by atomic mass is 9.49. The van der Waals surface area contributed by atoms with Gasteiger partial charge in [0.05, 0.1) is 16.5 Å². The fourth-order valence-electron chi connectivity index (χ4n) is 5.38. The molecule has 2 aromatic carbocycles. The summed E-state index contributed by atoms with van der Waals surface area (Å²) in [4.78, 5) is 24.7. The zero-order valence-corrected chi connectivity index (χ0v) is 18.1. The van der Waals surface area contributed by atoms with Crippen molar-refractivity contribution in [2.45, 2.75) is 37.6 Å². The number of H-pyrrole nitrogens is 1. The number of aromatic nitrogens is 3. The van der Waals surface area contributed by atoms with Gasteiger partial charge in [-0.25, -0.2) is 5.10 Å². The molecule has 2 saturated carbocycles. The number of nitrogens with zero attached hydrogens (tertiary/aromatic N) is 2. The van der Waals surface area contributed by atoms with Gasteiger partial charge in [0, 0.05) is 21.8 Å². The van der Waals surface area contributed by atoms with Gasteiger partial charge in [-0.05, 0) is 55.4 Å². The highest BCUT2D eigenvalue weighted by Gasteiger charge is 2.54. The number of rotatable bonds is 3. The van der Waals surface area contributed by atoms with E-state index in [0.29, 0.717) is 16.8 Å². The van der Waals surface area contributed by atoms with Crippen molar-refractivity contribution in [3.05, 3.63) is 68.7 Å². The van der Waals surface area contributed by atoms with Crippen LogP contribution in [0, 0.1) is 5.41 Å². The third kappa shape index (κ3) is 3.00. The maximum atomic E-state index is 12.7. The Hall–Kier alpha value is -3.00. The highest BCUT2D eigenvalue weighted by atomic mass is 79.9. The van der Waals surface area contributed by atoms with E-state index in [1.165, 1.54) is 0 Å². The molecule has 2 aromatic heterocycles. The molecule has 2 N–H and O–H groups in total. The Labute approximate surface area is 185 Å². The molecule has 0 saturated heterocycles. The van der Waals surface area contributed by atoms with Crippen LogP contribution in [0.3, 0.4) is 0 Å². The second-order valence-electron chi connectivity index (χ2n) is 8.84. The van der Waals surface area contributed by atoms with Crippen LogP contribution >= 0.6 is 15.9 Å². The summed E-state index contributed by atoms with van der Waals surface area (Å²) in [6, 6.07) is 13.3. The lowest BCUT2D eigenvalue weighted by molar-refractivity contribution is -0.0199. The van der Waals surface area contributed by atoms with E-state index in [2.05, 4.69) is 36.6 Å². The number of halogens is 1. The molecule has 0 radical (unpaired) electrons. The van der Waals surface area contributed by atoms with Crippen LogP contribution in [0.15, 0.2) is 56.3 Å². The molecule has 31 heavy (non-hydrogen) atoms. The van der Waals surface area contributed by atoms with Crippen LogP contribution in [0.5, 0.6) is 0 Å². The van der Waals surface area contributed by atoms with Crippen LogP contribution in [0.25, 0.3) is 21.7 Å². The second-order valence-corrected chi connectivity index (χ2v) is 9.76. The maximum Gasteiger partial charge on any atom is 0.290 e. The smallest absolute Gasteiger partial charge is 0.290 e. The summed E-state index contributed by atoms with van der Waals surface area (Å²) in [6.45, 7) is 0. The van der Waals surface area contributed by atoms with E-state index < -0.39 is 0 Å². The molecule has 1 amide bonds. The molecule has 0 aliphatic heterocycles. The van der Waals surface area contributed by atoms with E-state index in [9.17, 15) is 9.59 Å². The monoisotopic (exact) mass is 478 g/mol. The average molecular weight is 479 g/mol. The Kier molecular flexibility index (Phi) is 4.08. The summed E-state index contributed by atoms with van der Waals surface area (Å²) in [5, 5.41) is 16.4. The van der Waals surface area contributed by atoms with Gasteiger partial charge in [0.25, 0.3) is 11.5 Å². The quantitative estimate of drug-likeness (QED) is 0.457. The first-order chi connectivity index (χ1) is 15.0.